The van der Waals surface area contributed by atoms with Gasteiger partial charge in [-0.05, 0) is 101 Å². The van der Waals surface area contributed by atoms with Crippen LogP contribution in [0.2, 0.25) is 0 Å². The maximum atomic E-state index is 12.4. The number of halogens is 1. The Morgan fingerprint density at radius 2 is 1.53 bits per heavy atom. The summed E-state index contributed by atoms with van der Waals surface area (Å²) in [6, 6.07) is 29.1. The Bertz CT molecular complexity index is 1370. The summed E-state index contributed by atoms with van der Waals surface area (Å²) in [5.74, 6) is 0.350. The van der Waals surface area contributed by atoms with Gasteiger partial charge < -0.3 is 9.47 Å². The molecule has 0 saturated heterocycles. The number of benzene rings is 4. The van der Waals surface area contributed by atoms with Crippen LogP contribution in [0.1, 0.15) is 37.4 Å². The van der Waals surface area contributed by atoms with Crippen molar-refractivity contribution in [3.8, 4) is 11.5 Å². The van der Waals surface area contributed by atoms with E-state index in [4.69, 9.17) is 9.47 Å². The van der Waals surface area contributed by atoms with Crippen molar-refractivity contribution in [3.05, 3.63) is 128 Å². The van der Waals surface area contributed by atoms with E-state index in [1.165, 1.54) is 11.8 Å². The third kappa shape index (κ3) is 7.02. The molecule has 4 aromatic rings. The van der Waals surface area contributed by atoms with E-state index in [1.54, 1.807) is 60.7 Å². The number of nitrogens with one attached hydrogen (secondary N) is 1. The molecule has 0 bridgehead atoms. The van der Waals surface area contributed by atoms with Crippen LogP contribution in [0.4, 0.5) is 0 Å². The number of carbonyl (C=O) groups excluding carboxylic acids is 2. The normalized spacial score (nSPS) is 10.7. The summed E-state index contributed by atoms with van der Waals surface area (Å²) in [6.07, 6.45) is 1.52. The van der Waals surface area contributed by atoms with E-state index < -0.39 is 5.97 Å². The Balaban J connectivity index is 1.26. The van der Waals surface area contributed by atoms with E-state index in [-0.39, 0.29) is 5.91 Å². The lowest BCUT2D eigenvalue weighted by atomic mass is 10.2. The van der Waals surface area contributed by atoms with Gasteiger partial charge in [0.2, 0.25) is 0 Å². The highest BCUT2D eigenvalue weighted by Gasteiger charge is 2.11. The lowest BCUT2D eigenvalue weighted by Crippen LogP contribution is -2.17. The van der Waals surface area contributed by atoms with Gasteiger partial charge in [0, 0.05) is 9.13 Å². The highest BCUT2D eigenvalue weighted by Crippen LogP contribution is 2.17. The van der Waals surface area contributed by atoms with Crippen LogP contribution in [0, 0.1) is 10.5 Å². The van der Waals surface area contributed by atoms with Crippen LogP contribution in [0.5, 0.6) is 11.5 Å². The number of nitrogens with zero attached hydrogens (tertiary/aromatic N) is 1. The molecule has 0 saturated carbocycles. The topological polar surface area (TPSA) is 77.0 Å². The first kappa shape index (κ1) is 25.1. The number of hydrogen-bond acceptors (Lipinski definition) is 5. The molecular weight excluding hydrogens is 567 g/mol. The fraction of sp³-hybridized carbons (Fsp3) is 0.0690. The molecule has 0 heterocycles. The Morgan fingerprint density at radius 1 is 0.861 bits per heavy atom. The summed E-state index contributed by atoms with van der Waals surface area (Å²) in [4.78, 5) is 24.7. The minimum absolute atomic E-state index is 0.334. The molecule has 36 heavy (non-hydrogen) atoms. The number of hydrogen-bond donors (Lipinski definition) is 1. The van der Waals surface area contributed by atoms with E-state index >= 15 is 0 Å². The third-order valence-electron chi connectivity index (χ3n) is 5.21. The van der Waals surface area contributed by atoms with Gasteiger partial charge in [0.25, 0.3) is 5.91 Å². The fourth-order valence-corrected chi connectivity index (χ4v) is 3.80. The van der Waals surface area contributed by atoms with Crippen LogP contribution in [-0.2, 0) is 6.61 Å². The Hall–Kier alpha value is -3.98. The smallest absolute Gasteiger partial charge is 0.344 e. The minimum atomic E-state index is -0.416. The second kappa shape index (κ2) is 12.1. The summed E-state index contributed by atoms with van der Waals surface area (Å²) in [5.41, 5.74) is 6.50. The molecule has 7 heteroatoms. The van der Waals surface area contributed by atoms with E-state index in [0.29, 0.717) is 29.2 Å². The molecule has 0 aliphatic rings. The minimum Gasteiger partial charge on any atom is -0.489 e. The molecule has 4 aromatic carbocycles. The van der Waals surface area contributed by atoms with Gasteiger partial charge in [-0.25, -0.2) is 10.2 Å². The summed E-state index contributed by atoms with van der Waals surface area (Å²) in [5, 5.41) is 4.01. The predicted octanol–water partition coefficient (Wildman–Crippen LogP) is 6.16. The van der Waals surface area contributed by atoms with Crippen molar-refractivity contribution < 1.29 is 19.1 Å². The quantitative estimate of drug-likeness (QED) is 0.0877. The van der Waals surface area contributed by atoms with Gasteiger partial charge in [0.1, 0.15) is 18.1 Å². The molecule has 0 radical (unpaired) electrons. The van der Waals surface area contributed by atoms with E-state index in [9.17, 15) is 9.59 Å². The molecular formula is C29H23IN2O4. The second-order valence-electron chi connectivity index (χ2n) is 7.94. The molecule has 0 aliphatic heterocycles. The third-order valence-corrected chi connectivity index (χ3v) is 6.15. The fourth-order valence-electron chi connectivity index (χ4n) is 3.19. The van der Waals surface area contributed by atoms with Crippen LogP contribution in [-0.4, -0.2) is 18.1 Å². The Morgan fingerprint density at radius 3 is 2.22 bits per heavy atom. The van der Waals surface area contributed by atoms with Gasteiger partial charge in [-0.15, -0.1) is 0 Å². The summed E-state index contributed by atoms with van der Waals surface area (Å²) in [6.45, 7) is 2.50. The van der Waals surface area contributed by atoms with Crippen molar-refractivity contribution in [1.82, 2.24) is 5.43 Å². The number of amides is 1. The largest absolute Gasteiger partial charge is 0.489 e. The number of ether oxygens (including phenoxy) is 2. The number of esters is 1. The van der Waals surface area contributed by atoms with Crippen LogP contribution in [0.25, 0.3) is 0 Å². The molecule has 1 N–H and O–H groups in total. The maximum absolute atomic E-state index is 12.4. The molecule has 0 fully saturated rings. The molecule has 0 unspecified atom stereocenters. The van der Waals surface area contributed by atoms with Gasteiger partial charge in [-0.3, -0.25) is 4.79 Å². The number of rotatable bonds is 8. The first-order valence-electron chi connectivity index (χ1n) is 11.2. The zero-order valence-corrected chi connectivity index (χ0v) is 21.6. The first-order valence-corrected chi connectivity index (χ1v) is 12.2. The van der Waals surface area contributed by atoms with Gasteiger partial charge in [-0.1, -0.05) is 42.0 Å². The number of hydrazone groups is 1. The van der Waals surface area contributed by atoms with Crippen molar-refractivity contribution in [2.75, 3.05) is 0 Å². The van der Waals surface area contributed by atoms with Gasteiger partial charge in [0.15, 0.2) is 0 Å². The average Bonchev–Trinajstić information content (AvgIpc) is 2.90. The van der Waals surface area contributed by atoms with E-state index in [0.717, 1.165) is 14.7 Å². The Kier molecular flexibility index (Phi) is 8.46. The Labute approximate surface area is 223 Å². The molecule has 6 nitrogen and oxygen atoms in total. The van der Waals surface area contributed by atoms with Crippen molar-refractivity contribution in [3.63, 3.8) is 0 Å². The molecule has 0 aliphatic carbocycles. The average molecular weight is 590 g/mol. The van der Waals surface area contributed by atoms with Crippen molar-refractivity contribution in [2.24, 2.45) is 5.10 Å². The molecule has 180 valence electrons. The van der Waals surface area contributed by atoms with E-state index in [1.807, 2.05) is 43.3 Å². The lowest BCUT2D eigenvalue weighted by Gasteiger charge is -2.07. The van der Waals surface area contributed by atoms with Crippen LogP contribution in [0.3, 0.4) is 0 Å². The zero-order valence-electron chi connectivity index (χ0n) is 19.5. The second-order valence-corrected chi connectivity index (χ2v) is 9.10. The monoisotopic (exact) mass is 590 g/mol. The van der Waals surface area contributed by atoms with E-state index in [2.05, 4.69) is 33.1 Å². The molecule has 1 amide bonds. The highest BCUT2D eigenvalue weighted by atomic mass is 127. The van der Waals surface area contributed by atoms with Gasteiger partial charge in [0.05, 0.1) is 11.8 Å². The molecule has 0 aromatic heterocycles. The molecule has 0 atom stereocenters. The lowest BCUT2D eigenvalue weighted by molar-refractivity contribution is 0.0733. The van der Waals surface area contributed by atoms with Crippen molar-refractivity contribution >= 4 is 40.7 Å². The SMILES string of the molecule is Cc1ccc(COc2ccc(C(=O)N/N=C/c3ccc(OC(=O)c4ccccc4I)cc3)cc2)cc1. The summed E-state index contributed by atoms with van der Waals surface area (Å²) < 4.78 is 12.0. The van der Waals surface area contributed by atoms with Crippen molar-refractivity contribution in [2.45, 2.75) is 13.5 Å². The van der Waals surface area contributed by atoms with Crippen LogP contribution < -0.4 is 14.9 Å². The zero-order chi connectivity index (χ0) is 25.3. The summed E-state index contributed by atoms with van der Waals surface area (Å²) in [7, 11) is 0. The number of aryl methyl sites for hydroxylation is 1. The van der Waals surface area contributed by atoms with Crippen LogP contribution in [0.15, 0.2) is 102 Å². The van der Waals surface area contributed by atoms with Crippen molar-refractivity contribution in [1.29, 1.82) is 0 Å². The van der Waals surface area contributed by atoms with Crippen LogP contribution >= 0.6 is 22.6 Å². The summed E-state index contributed by atoms with van der Waals surface area (Å²) >= 11 is 2.10. The molecule has 0 spiro atoms. The number of carbonyl (C=O) groups is 2. The predicted molar refractivity (Wildman–Crippen MR) is 148 cm³/mol. The van der Waals surface area contributed by atoms with Gasteiger partial charge in [-0.2, -0.15) is 5.10 Å². The standard InChI is InChI=1S/C29H23IN2O4/c1-20-6-8-22(9-7-20)19-35-24-16-12-23(13-17-24)28(33)32-31-18-21-10-14-25(15-11-21)36-29(34)26-4-2-3-5-27(26)30/h2-18H,19H2,1H3,(H,32,33)/b31-18+. The van der Waals surface area contributed by atoms with Gasteiger partial charge >= 0.3 is 5.97 Å². The maximum Gasteiger partial charge on any atom is 0.344 e. The first-order chi connectivity index (χ1) is 17.5. The highest BCUT2D eigenvalue weighted by molar-refractivity contribution is 14.1. The molecule has 4 rings (SSSR count).